The second kappa shape index (κ2) is 12.9. The monoisotopic (exact) mass is 650 g/mol. The van der Waals surface area contributed by atoms with Gasteiger partial charge in [0.1, 0.15) is 11.4 Å². The summed E-state index contributed by atoms with van der Waals surface area (Å²) in [6.45, 7) is 2.99. The van der Waals surface area contributed by atoms with E-state index >= 15 is 0 Å². The molecule has 0 aliphatic carbocycles. The Bertz CT molecular complexity index is 2210. The molecule has 3 heterocycles. The highest BCUT2D eigenvalue weighted by atomic mass is 32.1. The van der Waals surface area contributed by atoms with Crippen molar-refractivity contribution in [3.05, 3.63) is 121 Å². The third-order valence-electron chi connectivity index (χ3n) is 7.60. The van der Waals surface area contributed by atoms with Gasteiger partial charge in [0.25, 0.3) is 5.56 Å². The molecule has 2 aromatic heterocycles. The number of methoxy groups -OCH3 is 3. The number of fused-ring (bicyclic) bond motifs is 1. The third kappa shape index (κ3) is 5.98. The number of para-hydroxylation sites is 1. The van der Waals surface area contributed by atoms with Crippen molar-refractivity contribution in [1.29, 1.82) is 0 Å². The van der Waals surface area contributed by atoms with E-state index in [2.05, 4.69) is 4.99 Å². The van der Waals surface area contributed by atoms with Gasteiger partial charge in [-0.05, 0) is 67.1 Å². The summed E-state index contributed by atoms with van der Waals surface area (Å²) < 4.78 is 24.9. The van der Waals surface area contributed by atoms with E-state index in [0.29, 0.717) is 37.6 Å². The van der Waals surface area contributed by atoms with Crippen LogP contribution in [0.2, 0.25) is 0 Å². The number of allylic oxidation sites excluding steroid dienone is 1. The quantitative estimate of drug-likeness (QED) is 0.181. The molecule has 5 aromatic rings. The number of carbonyl (C=O) groups excluding carboxylic acids is 2. The van der Waals surface area contributed by atoms with Crippen LogP contribution in [0.3, 0.4) is 0 Å². The second-order valence-corrected chi connectivity index (χ2v) is 11.5. The van der Waals surface area contributed by atoms with Crippen LogP contribution < -0.4 is 29.1 Å². The normalized spacial score (nSPS) is 14.3. The fraction of sp³-hybridized carbons (Fsp3) is 0.171. The van der Waals surface area contributed by atoms with E-state index in [1.165, 1.54) is 37.0 Å². The molecule has 47 heavy (non-hydrogen) atoms. The van der Waals surface area contributed by atoms with E-state index in [1.807, 2.05) is 60.8 Å². The molecule has 0 radical (unpaired) electrons. The molecule has 0 spiro atoms. The van der Waals surface area contributed by atoms with E-state index in [9.17, 15) is 14.4 Å². The number of hydrogen-bond donors (Lipinski definition) is 0. The Morgan fingerprint density at radius 1 is 0.936 bits per heavy atom. The van der Waals surface area contributed by atoms with Gasteiger partial charge in [-0.15, -0.1) is 0 Å². The second-order valence-electron chi connectivity index (χ2n) is 10.5. The van der Waals surface area contributed by atoms with Crippen LogP contribution in [0.15, 0.2) is 100 Å². The van der Waals surface area contributed by atoms with Crippen LogP contribution >= 0.6 is 11.3 Å². The lowest BCUT2D eigenvalue weighted by atomic mass is 9.95. The molecule has 238 valence electrons. The molecule has 3 aromatic carbocycles. The van der Waals surface area contributed by atoms with E-state index in [-0.39, 0.29) is 22.6 Å². The number of esters is 2. The average Bonchev–Trinajstić information content (AvgIpc) is 3.64. The molecule has 1 unspecified atom stereocenters. The third-order valence-corrected chi connectivity index (χ3v) is 8.58. The van der Waals surface area contributed by atoms with E-state index in [1.54, 1.807) is 43.0 Å². The van der Waals surface area contributed by atoms with Gasteiger partial charge >= 0.3 is 11.9 Å². The zero-order chi connectivity index (χ0) is 33.2. The van der Waals surface area contributed by atoms with Crippen LogP contribution in [0.1, 0.15) is 31.0 Å². The van der Waals surface area contributed by atoms with Gasteiger partial charge in [-0.3, -0.25) is 14.2 Å². The van der Waals surface area contributed by atoms with Gasteiger partial charge < -0.3 is 18.9 Å². The van der Waals surface area contributed by atoms with Gasteiger partial charge in [-0.1, -0.05) is 35.6 Å². The molecule has 0 saturated heterocycles. The standard InChI is InChI=1S/C35H30N4O7S/c1-20-30(34(42)45-5)32(23-13-16-27(46-21(2)40)28(17-23)44-4)39-33(41)29(47-35(39)36-20)18-24-19-38(25-9-7-6-8-10-25)37-31(24)22-11-14-26(43-3)15-12-22/h6-19,32H,1-5H3/b29-18+. The highest BCUT2D eigenvalue weighted by Crippen LogP contribution is 2.36. The molecule has 0 fully saturated rings. The van der Waals surface area contributed by atoms with Crippen molar-refractivity contribution in [2.24, 2.45) is 4.99 Å². The summed E-state index contributed by atoms with van der Waals surface area (Å²) in [5, 5.41) is 4.88. The zero-order valence-corrected chi connectivity index (χ0v) is 27.0. The van der Waals surface area contributed by atoms with Crippen molar-refractivity contribution in [3.63, 3.8) is 0 Å². The number of carbonyl (C=O) groups is 2. The maximum atomic E-state index is 14.3. The first-order valence-corrected chi connectivity index (χ1v) is 15.3. The van der Waals surface area contributed by atoms with E-state index < -0.39 is 18.0 Å². The Labute approximate surface area is 273 Å². The number of aromatic nitrogens is 3. The Hall–Kier alpha value is -5.75. The van der Waals surface area contributed by atoms with Gasteiger partial charge in [0.05, 0.1) is 48.9 Å². The van der Waals surface area contributed by atoms with Gasteiger partial charge in [0.2, 0.25) is 0 Å². The molecule has 6 rings (SSSR count). The first-order valence-electron chi connectivity index (χ1n) is 14.5. The first kappa shape index (κ1) is 31.2. The summed E-state index contributed by atoms with van der Waals surface area (Å²) in [6, 6.07) is 21.2. The van der Waals surface area contributed by atoms with Crippen LogP contribution in [0.5, 0.6) is 17.2 Å². The summed E-state index contributed by atoms with van der Waals surface area (Å²) in [7, 11) is 4.32. The molecule has 1 aliphatic rings. The SMILES string of the molecule is COC(=O)C1=C(C)N=c2s/c(=C/c3cn(-c4ccccc4)nc3-c3ccc(OC)cc3)c(=O)n2C1c1ccc(OC(C)=O)c(OC)c1. The number of ether oxygens (including phenoxy) is 4. The molecule has 11 nitrogen and oxygen atoms in total. The Balaban J connectivity index is 1.55. The minimum absolute atomic E-state index is 0.199. The van der Waals surface area contributed by atoms with Crippen molar-refractivity contribution in [2.45, 2.75) is 19.9 Å². The molecule has 12 heteroatoms. The highest BCUT2D eigenvalue weighted by Gasteiger charge is 2.34. The predicted molar refractivity (Wildman–Crippen MR) is 176 cm³/mol. The van der Waals surface area contributed by atoms with Crippen LogP contribution in [0.4, 0.5) is 0 Å². The molecule has 0 N–H and O–H groups in total. The maximum absolute atomic E-state index is 14.3. The van der Waals surface area contributed by atoms with Crippen molar-refractivity contribution in [3.8, 4) is 34.2 Å². The smallest absolute Gasteiger partial charge is 0.338 e. The van der Waals surface area contributed by atoms with Crippen molar-refractivity contribution in [2.75, 3.05) is 21.3 Å². The van der Waals surface area contributed by atoms with Gasteiger partial charge in [0, 0.05) is 24.2 Å². The van der Waals surface area contributed by atoms with Crippen molar-refractivity contribution >= 4 is 29.4 Å². The van der Waals surface area contributed by atoms with E-state index in [4.69, 9.17) is 24.0 Å². The lowest BCUT2D eigenvalue weighted by Gasteiger charge is -2.25. The number of hydrogen-bond acceptors (Lipinski definition) is 10. The summed E-state index contributed by atoms with van der Waals surface area (Å²) in [4.78, 5) is 44.2. The van der Waals surface area contributed by atoms with Gasteiger partial charge in [0.15, 0.2) is 16.3 Å². The fourth-order valence-electron chi connectivity index (χ4n) is 5.42. The summed E-state index contributed by atoms with van der Waals surface area (Å²) in [5.74, 6) is 0.0358. The van der Waals surface area contributed by atoms with Crippen LogP contribution in [-0.2, 0) is 14.3 Å². The van der Waals surface area contributed by atoms with Crippen LogP contribution in [-0.4, -0.2) is 47.6 Å². The summed E-state index contributed by atoms with van der Waals surface area (Å²) in [6.07, 6.45) is 3.66. The fourth-order valence-corrected chi connectivity index (χ4v) is 6.46. The van der Waals surface area contributed by atoms with Gasteiger partial charge in [-0.25, -0.2) is 14.5 Å². The largest absolute Gasteiger partial charge is 0.497 e. The maximum Gasteiger partial charge on any atom is 0.338 e. The van der Waals surface area contributed by atoms with Crippen LogP contribution in [0, 0.1) is 0 Å². The predicted octanol–water partition coefficient (Wildman–Crippen LogP) is 4.20. The van der Waals surface area contributed by atoms with Crippen molar-refractivity contribution in [1.82, 2.24) is 14.3 Å². The molecular weight excluding hydrogens is 620 g/mol. The first-order chi connectivity index (χ1) is 22.7. The lowest BCUT2D eigenvalue weighted by molar-refractivity contribution is -0.136. The van der Waals surface area contributed by atoms with Gasteiger partial charge in [-0.2, -0.15) is 5.10 Å². The molecule has 0 bridgehead atoms. The minimum Gasteiger partial charge on any atom is -0.497 e. The molecular formula is C35H30N4O7S. The average molecular weight is 651 g/mol. The molecule has 0 amide bonds. The summed E-state index contributed by atoms with van der Waals surface area (Å²) in [5.41, 5.74) is 3.85. The molecule has 1 aliphatic heterocycles. The van der Waals surface area contributed by atoms with Crippen LogP contribution in [0.25, 0.3) is 23.0 Å². The Morgan fingerprint density at radius 2 is 1.68 bits per heavy atom. The minimum atomic E-state index is -0.894. The molecule has 1 atom stereocenters. The number of benzene rings is 3. The van der Waals surface area contributed by atoms with Crippen molar-refractivity contribution < 1.29 is 28.5 Å². The number of nitrogens with zero attached hydrogens (tertiary/aromatic N) is 4. The summed E-state index contributed by atoms with van der Waals surface area (Å²) >= 11 is 1.20. The lowest BCUT2D eigenvalue weighted by Crippen LogP contribution is -2.39. The Morgan fingerprint density at radius 3 is 2.34 bits per heavy atom. The zero-order valence-electron chi connectivity index (χ0n) is 26.2. The molecule has 0 saturated carbocycles. The number of rotatable bonds is 8. The topological polar surface area (TPSA) is 123 Å². The Kier molecular flexibility index (Phi) is 8.59. The number of thiazole rings is 1. The van der Waals surface area contributed by atoms with E-state index in [0.717, 1.165) is 11.3 Å². The highest BCUT2D eigenvalue weighted by molar-refractivity contribution is 7.07.